The number of nitrogens with two attached hydrogens (primary N) is 2. The van der Waals surface area contributed by atoms with Gasteiger partial charge in [0.05, 0.1) is 24.4 Å². The molecule has 0 amide bonds. The quantitative estimate of drug-likeness (QED) is 0.286. The molecule has 6 heteroatoms. The van der Waals surface area contributed by atoms with E-state index in [0.717, 1.165) is 0 Å². The molecule has 0 bridgehead atoms. The van der Waals surface area contributed by atoms with Gasteiger partial charge in [-0.3, -0.25) is 0 Å². The normalized spacial score (nSPS) is 19.4. The molecule has 0 fully saturated rings. The molecular formula is C14H32N2O4. The van der Waals surface area contributed by atoms with Crippen molar-refractivity contribution in [3.63, 3.8) is 0 Å². The molecule has 5 atom stereocenters. The van der Waals surface area contributed by atoms with Crippen molar-refractivity contribution in [3.8, 4) is 0 Å². The molecule has 0 saturated heterocycles. The molecule has 0 aliphatic rings. The van der Waals surface area contributed by atoms with Crippen LogP contribution in [-0.4, -0.2) is 57.4 Å². The average Bonchev–Trinajstić information content (AvgIpc) is 2.42. The first kappa shape index (κ1) is 19.8. The van der Waals surface area contributed by atoms with E-state index in [9.17, 15) is 20.4 Å². The molecule has 0 saturated carbocycles. The van der Waals surface area contributed by atoms with Crippen LogP contribution in [0.15, 0.2) is 0 Å². The van der Waals surface area contributed by atoms with Gasteiger partial charge in [0.25, 0.3) is 0 Å². The summed E-state index contributed by atoms with van der Waals surface area (Å²) < 4.78 is 0. The van der Waals surface area contributed by atoms with Crippen molar-refractivity contribution in [2.45, 2.75) is 82.3 Å². The highest BCUT2D eigenvalue weighted by Gasteiger charge is 2.19. The number of hydrogen-bond donors (Lipinski definition) is 6. The van der Waals surface area contributed by atoms with E-state index in [0.29, 0.717) is 51.5 Å². The van der Waals surface area contributed by atoms with Gasteiger partial charge in [0.1, 0.15) is 0 Å². The first-order valence-corrected chi connectivity index (χ1v) is 7.58. The third-order valence-corrected chi connectivity index (χ3v) is 3.64. The Kier molecular flexibility index (Phi) is 11.3. The monoisotopic (exact) mass is 292 g/mol. The zero-order chi connectivity index (χ0) is 15.5. The summed E-state index contributed by atoms with van der Waals surface area (Å²) in [5, 5.41) is 38.6. The highest BCUT2D eigenvalue weighted by atomic mass is 16.3. The fraction of sp³-hybridized carbons (Fsp3) is 1.00. The molecule has 0 aromatic heterocycles. The molecule has 0 spiro atoms. The van der Waals surface area contributed by atoms with E-state index in [4.69, 9.17) is 11.5 Å². The molecule has 0 aliphatic heterocycles. The van der Waals surface area contributed by atoms with Crippen LogP contribution >= 0.6 is 0 Å². The maximum absolute atomic E-state index is 9.83. The number of aliphatic hydroxyl groups excluding tert-OH is 4. The third-order valence-electron chi connectivity index (χ3n) is 3.64. The molecule has 0 aliphatic carbocycles. The molecule has 20 heavy (non-hydrogen) atoms. The van der Waals surface area contributed by atoms with Crippen molar-refractivity contribution in [1.82, 2.24) is 0 Å². The predicted octanol–water partition coefficient (Wildman–Crippen LogP) is -0.533. The number of aliphatic hydroxyl groups is 4. The minimum absolute atomic E-state index is 0.297. The predicted molar refractivity (Wildman–Crippen MR) is 79.1 cm³/mol. The molecule has 6 nitrogen and oxygen atoms in total. The average molecular weight is 292 g/mol. The molecule has 0 heterocycles. The van der Waals surface area contributed by atoms with Crippen LogP contribution in [0.1, 0.15) is 51.9 Å². The van der Waals surface area contributed by atoms with Crippen LogP contribution in [0.5, 0.6) is 0 Å². The van der Waals surface area contributed by atoms with Gasteiger partial charge in [-0.2, -0.15) is 0 Å². The first-order chi connectivity index (χ1) is 9.40. The van der Waals surface area contributed by atoms with Crippen molar-refractivity contribution in [2.24, 2.45) is 11.5 Å². The Labute approximate surface area is 121 Å². The SMILES string of the molecule is CCC(O)CCC(O)CCC(O)CC(N)C(O)CCN. The van der Waals surface area contributed by atoms with E-state index in [1.165, 1.54) is 0 Å². The van der Waals surface area contributed by atoms with Gasteiger partial charge in [0, 0.05) is 6.04 Å². The lowest BCUT2D eigenvalue weighted by molar-refractivity contribution is 0.0666. The van der Waals surface area contributed by atoms with Gasteiger partial charge < -0.3 is 31.9 Å². The highest BCUT2D eigenvalue weighted by molar-refractivity contribution is 4.76. The van der Waals surface area contributed by atoms with E-state index in [1.807, 2.05) is 6.92 Å². The van der Waals surface area contributed by atoms with E-state index in [2.05, 4.69) is 0 Å². The van der Waals surface area contributed by atoms with Crippen molar-refractivity contribution < 1.29 is 20.4 Å². The van der Waals surface area contributed by atoms with Crippen LogP contribution in [0.2, 0.25) is 0 Å². The first-order valence-electron chi connectivity index (χ1n) is 7.58. The van der Waals surface area contributed by atoms with Gasteiger partial charge >= 0.3 is 0 Å². The van der Waals surface area contributed by atoms with E-state index >= 15 is 0 Å². The Morgan fingerprint density at radius 1 is 0.800 bits per heavy atom. The summed E-state index contributed by atoms with van der Waals surface area (Å²) in [5.74, 6) is 0. The van der Waals surface area contributed by atoms with Crippen LogP contribution < -0.4 is 11.5 Å². The van der Waals surface area contributed by atoms with E-state index < -0.39 is 24.4 Å². The van der Waals surface area contributed by atoms with Crippen LogP contribution in [0.3, 0.4) is 0 Å². The second-order valence-corrected chi connectivity index (χ2v) is 5.57. The molecule has 0 radical (unpaired) electrons. The number of hydrogen-bond acceptors (Lipinski definition) is 6. The van der Waals surface area contributed by atoms with Gasteiger partial charge in [0.2, 0.25) is 0 Å². The summed E-state index contributed by atoms with van der Waals surface area (Å²) in [4.78, 5) is 0. The molecule has 0 aromatic rings. The van der Waals surface area contributed by atoms with Gasteiger partial charge in [-0.05, 0) is 51.5 Å². The number of rotatable bonds is 12. The Morgan fingerprint density at radius 2 is 1.30 bits per heavy atom. The lowest BCUT2D eigenvalue weighted by Crippen LogP contribution is -2.39. The summed E-state index contributed by atoms with van der Waals surface area (Å²) in [6.45, 7) is 2.26. The molecule has 8 N–H and O–H groups in total. The Hall–Kier alpha value is -0.240. The van der Waals surface area contributed by atoms with Gasteiger partial charge in [-0.25, -0.2) is 0 Å². The van der Waals surface area contributed by atoms with Crippen LogP contribution in [0.4, 0.5) is 0 Å². The lowest BCUT2D eigenvalue weighted by atomic mass is 9.97. The van der Waals surface area contributed by atoms with E-state index in [-0.39, 0.29) is 6.10 Å². The second kappa shape index (κ2) is 11.4. The Balaban J connectivity index is 3.78. The highest BCUT2D eigenvalue weighted by Crippen LogP contribution is 2.13. The summed E-state index contributed by atoms with van der Waals surface area (Å²) >= 11 is 0. The van der Waals surface area contributed by atoms with Crippen molar-refractivity contribution in [2.75, 3.05) is 6.54 Å². The van der Waals surface area contributed by atoms with Crippen molar-refractivity contribution >= 4 is 0 Å². The summed E-state index contributed by atoms with van der Waals surface area (Å²) in [7, 11) is 0. The minimum atomic E-state index is -0.695. The fourth-order valence-electron chi connectivity index (χ4n) is 2.09. The summed E-state index contributed by atoms with van der Waals surface area (Å²) in [6.07, 6.45) is 1.20. The summed E-state index contributed by atoms with van der Waals surface area (Å²) in [6, 6.07) is -0.493. The molecule has 0 aromatic carbocycles. The Morgan fingerprint density at radius 3 is 1.80 bits per heavy atom. The molecular weight excluding hydrogens is 260 g/mol. The molecule has 5 unspecified atom stereocenters. The van der Waals surface area contributed by atoms with Crippen LogP contribution in [0, 0.1) is 0 Å². The minimum Gasteiger partial charge on any atom is -0.393 e. The Bertz CT molecular complexity index is 231. The van der Waals surface area contributed by atoms with Crippen molar-refractivity contribution in [3.05, 3.63) is 0 Å². The van der Waals surface area contributed by atoms with Crippen LogP contribution in [0.25, 0.3) is 0 Å². The van der Waals surface area contributed by atoms with E-state index in [1.54, 1.807) is 0 Å². The maximum Gasteiger partial charge on any atom is 0.0704 e. The van der Waals surface area contributed by atoms with Crippen molar-refractivity contribution in [1.29, 1.82) is 0 Å². The third kappa shape index (κ3) is 9.63. The largest absolute Gasteiger partial charge is 0.393 e. The zero-order valence-electron chi connectivity index (χ0n) is 12.5. The van der Waals surface area contributed by atoms with Gasteiger partial charge in [-0.1, -0.05) is 6.92 Å². The fourth-order valence-corrected chi connectivity index (χ4v) is 2.09. The van der Waals surface area contributed by atoms with Gasteiger partial charge in [0.15, 0.2) is 0 Å². The smallest absolute Gasteiger partial charge is 0.0704 e. The molecule has 0 rings (SSSR count). The standard InChI is InChI=1S/C14H32N2O4/c1-2-10(17)3-4-11(18)5-6-12(19)9-13(16)14(20)7-8-15/h10-14,17-20H,2-9,15-16H2,1H3. The topological polar surface area (TPSA) is 133 Å². The summed E-state index contributed by atoms with van der Waals surface area (Å²) in [5.41, 5.74) is 11.1. The maximum atomic E-state index is 9.83. The van der Waals surface area contributed by atoms with Crippen LogP contribution in [-0.2, 0) is 0 Å². The van der Waals surface area contributed by atoms with Gasteiger partial charge in [-0.15, -0.1) is 0 Å². The lowest BCUT2D eigenvalue weighted by Gasteiger charge is -2.22. The molecule has 122 valence electrons. The zero-order valence-corrected chi connectivity index (χ0v) is 12.5. The second-order valence-electron chi connectivity index (χ2n) is 5.57.